The fourth-order valence-corrected chi connectivity index (χ4v) is 4.72. The van der Waals surface area contributed by atoms with Crippen molar-refractivity contribution >= 4 is 27.6 Å². The van der Waals surface area contributed by atoms with Crippen molar-refractivity contribution in [1.29, 1.82) is 0 Å². The van der Waals surface area contributed by atoms with E-state index >= 15 is 0 Å². The minimum absolute atomic E-state index is 0.0232. The van der Waals surface area contributed by atoms with Crippen LogP contribution in [0.2, 0.25) is 0 Å². The second-order valence-electron chi connectivity index (χ2n) is 7.00. The summed E-state index contributed by atoms with van der Waals surface area (Å²) in [6, 6.07) is 7.36. The first-order valence-electron chi connectivity index (χ1n) is 8.99. The van der Waals surface area contributed by atoms with Crippen LogP contribution in [0.3, 0.4) is 0 Å². The molecule has 0 saturated carbocycles. The van der Waals surface area contributed by atoms with Crippen molar-refractivity contribution in [3.05, 3.63) is 41.0 Å². The van der Waals surface area contributed by atoms with Crippen LogP contribution in [0.4, 0.5) is 5.69 Å². The third kappa shape index (κ3) is 3.64. The SMILES string of the molecule is CCS(=O)(=O)N1CCC2(CC1)OC(=O)C(C)=C2C(=O)Nc1ccc(C)cc1. The van der Waals surface area contributed by atoms with Crippen molar-refractivity contribution in [1.82, 2.24) is 4.31 Å². The van der Waals surface area contributed by atoms with E-state index in [1.807, 2.05) is 19.1 Å². The zero-order chi connectivity index (χ0) is 19.8. The summed E-state index contributed by atoms with van der Waals surface area (Å²) in [6.45, 7) is 5.57. The highest BCUT2D eigenvalue weighted by atomic mass is 32.2. The van der Waals surface area contributed by atoms with Gasteiger partial charge in [-0.25, -0.2) is 17.5 Å². The number of aryl methyl sites for hydroxylation is 1. The van der Waals surface area contributed by atoms with Gasteiger partial charge in [-0.05, 0) is 32.9 Å². The average Bonchev–Trinajstić information content (AvgIpc) is 2.87. The van der Waals surface area contributed by atoms with E-state index < -0.39 is 21.6 Å². The highest BCUT2D eigenvalue weighted by molar-refractivity contribution is 7.89. The standard InChI is InChI=1S/C19H24N2O5S/c1-4-27(24,25)21-11-9-19(10-12-21)16(14(3)18(23)26-19)17(22)20-15-7-5-13(2)6-8-15/h5-8H,4,9-12H2,1-3H3,(H,20,22). The maximum absolute atomic E-state index is 12.9. The summed E-state index contributed by atoms with van der Waals surface area (Å²) in [7, 11) is -3.31. The van der Waals surface area contributed by atoms with Crippen molar-refractivity contribution in [2.45, 2.75) is 39.2 Å². The van der Waals surface area contributed by atoms with E-state index in [4.69, 9.17) is 4.74 Å². The minimum atomic E-state index is -3.31. The lowest BCUT2D eigenvalue weighted by atomic mass is 9.83. The Labute approximate surface area is 159 Å². The Bertz CT molecular complexity index is 895. The second-order valence-corrected chi connectivity index (χ2v) is 9.26. The molecule has 1 saturated heterocycles. The molecule has 1 N–H and O–H groups in total. The lowest BCUT2D eigenvalue weighted by molar-refractivity contribution is -0.149. The number of rotatable bonds is 4. The smallest absolute Gasteiger partial charge is 0.335 e. The molecule has 1 aromatic carbocycles. The van der Waals surface area contributed by atoms with E-state index in [1.54, 1.807) is 26.0 Å². The van der Waals surface area contributed by atoms with Crippen molar-refractivity contribution in [2.75, 3.05) is 24.2 Å². The molecule has 1 amide bonds. The number of piperidine rings is 1. The second kappa shape index (κ2) is 7.09. The molecule has 146 valence electrons. The molecule has 0 radical (unpaired) electrons. The van der Waals surface area contributed by atoms with Gasteiger partial charge in [-0.2, -0.15) is 0 Å². The third-order valence-electron chi connectivity index (χ3n) is 5.25. The maximum Gasteiger partial charge on any atom is 0.335 e. The molecule has 0 atom stereocenters. The normalized spacial score (nSPS) is 20.0. The van der Waals surface area contributed by atoms with E-state index in [1.165, 1.54) is 4.31 Å². The lowest BCUT2D eigenvalue weighted by Gasteiger charge is -2.38. The minimum Gasteiger partial charge on any atom is -0.450 e. The van der Waals surface area contributed by atoms with Crippen LogP contribution in [0.25, 0.3) is 0 Å². The van der Waals surface area contributed by atoms with Gasteiger partial charge in [-0.1, -0.05) is 17.7 Å². The molecule has 2 heterocycles. The number of esters is 1. The van der Waals surface area contributed by atoms with E-state index in [2.05, 4.69) is 5.32 Å². The Hall–Kier alpha value is -2.19. The number of nitrogens with zero attached hydrogens (tertiary/aromatic N) is 1. The predicted octanol–water partition coefficient (Wildman–Crippen LogP) is 1.99. The number of carbonyl (C=O) groups is 2. The molecular formula is C19H24N2O5S. The number of hydrogen-bond donors (Lipinski definition) is 1. The van der Waals surface area contributed by atoms with E-state index in [9.17, 15) is 18.0 Å². The highest BCUT2D eigenvalue weighted by Crippen LogP contribution is 2.41. The van der Waals surface area contributed by atoms with Crippen LogP contribution in [0.1, 0.15) is 32.3 Å². The first kappa shape index (κ1) is 19.6. The number of sulfonamides is 1. The van der Waals surface area contributed by atoms with E-state index in [0.29, 0.717) is 11.3 Å². The molecule has 27 heavy (non-hydrogen) atoms. The molecule has 1 spiro atoms. The third-order valence-corrected chi connectivity index (χ3v) is 7.13. The molecule has 2 aliphatic heterocycles. The van der Waals surface area contributed by atoms with Crippen LogP contribution in [0.5, 0.6) is 0 Å². The molecule has 0 aromatic heterocycles. The van der Waals surface area contributed by atoms with Gasteiger partial charge in [0, 0.05) is 37.2 Å². The first-order valence-corrected chi connectivity index (χ1v) is 10.6. The first-order chi connectivity index (χ1) is 12.7. The Morgan fingerprint density at radius 2 is 1.78 bits per heavy atom. The number of benzene rings is 1. The van der Waals surface area contributed by atoms with Crippen LogP contribution in [0.15, 0.2) is 35.4 Å². The van der Waals surface area contributed by atoms with Gasteiger partial charge >= 0.3 is 5.97 Å². The molecule has 7 nitrogen and oxygen atoms in total. The van der Waals surface area contributed by atoms with Gasteiger partial charge in [-0.3, -0.25) is 4.79 Å². The lowest BCUT2D eigenvalue weighted by Crippen LogP contribution is -2.49. The van der Waals surface area contributed by atoms with Gasteiger partial charge in [0.1, 0.15) is 5.60 Å². The molecule has 0 aliphatic carbocycles. The van der Waals surface area contributed by atoms with Gasteiger partial charge in [0.05, 0.1) is 11.3 Å². The fraction of sp³-hybridized carbons (Fsp3) is 0.474. The van der Waals surface area contributed by atoms with Crippen LogP contribution < -0.4 is 5.32 Å². The molecule has 8 heteroatoms. The summed E-state index contributed by atoms with van der Waals surface area (Å²) in [6.07, 6.45) is 0.540. The van der Waals surface area contributed by atoms with Crippen molar-refractivity contribution < 1.29 is 22.7 Å². The summed E-state index contributed by atoms with van der Waals surface area (Å²) in [4.78, 5) is 25.1. The van der Waals surface area contributed by atoms with Crippen LogP contribution in [-0.4, -0.2) is 49.0 Å². The number of carbonyl (C=O) groups excluding carboxylic acids is 2. The van der Waals surface area contributed by atoms with Gasteiger partial charge in [0.25, 0.3) is 5.91 Å². The van der Waals surface area contributed by atoms with Crippen molar-refractivity contribution in [2.24, 2.45) is 0 Å². The zero-order valence-electron chi connectivity index (χ0n) is 15.7. The summed E-state index contributed by atoms with van der Waals surface area (Å²) in [5, 5.41) is 2.83. The molecule has 3 rings (SSSR count). The number of anilines is 1. The molecular weight excluding hydrogens is 368 g/mol. The maximum atomic E-state index is 12.9. The van der Waals surface area contributed by atoms with Crippen LogP contribution in [-0.2, 0) is 24.3 Å². The monoisotopic (exact) mass is 392 g/mol. The number of nitrogens with one attached hydrogen (secondary N) is 1. The molecule has 1 fully saturated rings. The molecule has 1 aromatic rings. The molecule has 0 unspecified atom stereocenters. The van der Waals surface area contributed by atoms with Gasteiger partial charge in [0.2, 0.25) is 10.0 Å². The summed E-state index contributed by atoms with van der Waals surface area (Å²) >= 11 is 0. The average molecular weight is 392 g/mol. The van der Waals surface area contributed by atoms with Crippen molar-refractivity contribution in [3.63, 3.8) is 0 Å². The quantitative estimate of drug-likeness (QED) is 0.791. The zero-order valence-corrected chi connectivity index (χ0v) is 16.6. The van der Waals surface area contributed by atoms with Gasteiger partial charge in [-0.15, -0.1) is 0 Å². The molecule has 2 aliphatic rings. The van der Waals surface area contributed by atoms with E-state index in [-0.39, 0.29) is 43.2 Å². The Balaban J connectivity index is 1.83. The number of hydrogen-bond acceptors (Lipinski definition) is 5. The van der Waals surface area contributed by atoms with Gasteiger partial charge < -0.3 is 10.1 Å². The van der Waals surface area contributed by atoms with Crippen LogP contribution in [0, 0.1) is 6.92 Å². The fourth-order valence-electron chi connectivity index (χ4n) is 3.62. The summed E-state index contributed by atoms with van der Waals surface area (Å²) in [5.74, 6) is -0.875. The Kier molecular flexibility index (Phi) is 5.14. The van der Waals surface area contributed by atoms with Crippen LogP contribution >= 0.6 is 0 Å². The number of amides is 1. The molecule has 0 bridgehead atoms. The summed E-state index contributed by atoms with van der Waals surface area (Å²) < 4.78 is 31.2. The Morgan fingerprint density at radius 1 is 1.19 bits per heavy atom. The largest absolute Gasteiger partial charge is 0.450 e. The summed E-state index contributed by atoms with van der Waals surface area (Å²) in [5.41, 5.74) is 1.23. The van der Waals surface area contributed by atoms with Gasteiger partial charge in [0.15, 0.2) is 0 Å². The topological polar surface area (TPSA) is 92.8 Å². The highest BCUT2D eigenvalue weighted by Gasteiger charge is 2.51. The Morgan fingerprint density at radius 3 is 2.33 bits per heavy atom. The number of ether oxygens (including phenoxy) is 1. The van der Waals surface area contributed by atoms with Crippen molar-refractivity contribution in [3.8, 4) is 0 Å². The van der Waals surface area contributed by atoms with E-state index in [0.717, 1.165) is 5.56 Å². The predicted molar refractivity (Wildman–Crippen MR) is 102 cm³/mol.